The number of hydrogen-bond donors (Lipinski definition) is 3. The van der Waals surface area contributed by atoms with Crippen LogP contribution in [0.25, 0.3) is 0 Å². The van der Waals surface area contributed by atoms with Gasteiger partial charge in [0.05, 0.1) is 5.92 Å². The lowest BCUT2D eigenvalue weighted by Gasteiger charge is -2.09. The summed E-state index contributed by atoms with van der Waals surface area (Å²) in [5.74, 6) is -0.407. The van der Waals surface area contributed by atoms with Crippen LogP contribution in [0.1, 0.15) is 12.7 Å². The Hall–Kier alpha value is -2.12. The first-order chi connectivity index (χ1) is 8.04. The van der Waals surface area contributed by atoms with Crippen molar-refractivity contribution >= 4 is 11.7 Å². The van der Waals surface area contributed by atoms with E-state index in [9.17, 15) is 4.79 Å². The third-order valence-corrected chi connectivity index (χ3v) is 2.25. The highest BCUT2D eigenvalue weighted by atomic mass is 16.4. The molecule has 0 aliphatic carbocycles. The number of amides is 1. The third kappa shape index (κ3) is 3.74. The van der Waals surface area contributed by atoms with Crippen molar-refractivity contribution in [3.8, 4) is 0 Å². The average Bonchev–Trinajstić information content (AvgIpc) is 2.72. The van der Waals surface area contributed by atoms with Gasteiger partial charge in [0.15, 0.2) is 11.7 Å². The first kappa shape index (κ1) is 12.9. The summed E-state index contributed by atoms with van der Waals surface area (Å²) in [4.78, 5) is 15.5. The Morgan fingerprint density at radius 2 is 2.47 bits per heavy atom. The van der Waals surface area contributed by atoms with Crippen LogP contribution in [0, 0.1) is 5.92 Å². The predicted octanol–water partition coefficient (Wildman–Crippen LogP) is -1.14. The third-order valence-electron chi connectivity index (χ3n) is 2.25. The number of hydrogen-bond acceptors (Lipinski definition) is 5. The van der Waals surface area contributed by atoms with Gasteiger partial charge in [-0.05, 0) is 6.92 Å². The second-order valence-electron chi connectivity index (χ2n) is 3.62. The molecule has 1 heterocycles. The molecule has 1 unspecified atom stereocenters. The Morgan fingerprint density at radius 1 is 1.76 bits per heavy atom. The van der Waals surface area contributed by atoms with Gasteiger partial charge in [-0.2, -0.15) is 5.10 Å². The van der Waals surface area contributed by atoms with Crippen molar-refractivity contribution < 1.29 is 10.0 Å². The van der Waals surface area contributed by atoms with Crippen LogP contribution in [0.5, 0.6) is 0 Å². The van der Waals surface area contributed by atoms with Crippen LogP contribution in [0.3, 0.4) is 0 Å². The molecule has 1 aromatic rings. The van der Waals surface area contributed by atoms with Gasteiger partial charge >= 0.3 is 0 Å². The maximum Gasteiger partial charge on any atom is 0.230 e. The number of oxime groups is 1. The molecule has 0 aliphatic heterocycles. The lowest BCUT2D eigenvalue weighted by atomic mass is 10.1. The summed E-state index contributed by atoms with van der Waals surface area (Å²) in [7, 11) is 1.77. The van der Waals surface area contributed by atoms with Gasteiger partial charge in [-0.25, -0.2) is 4.98 Å². The van der Waals surface area contributed by atoms with Gasteiger partial charge in [-0.15, -0.1) is 0 Å². The van der Waals surface area contributed by atoms with E-state index in [4.69, 9.17) is 10.9 Å². The van der Waals surface area contributed by atoms with E-state index in [1.807, 2.05) is 0 Å². The van der Waals surface area contributed by atoms with E-state index < -0.39 is 5.92 Å². The Labute approximate surface area is 98.5 Å². The Morgan fingerprint density at radius 3 is 3.00 bits per heavy atom. The van der Waals surface area contributed by atoms with Crippen LogP contribution in [0.4, 0.5) is 0 Å². The van der Waals surface area contributed by atoms with Crippen molar-refractivity contribution in [1.29, 1.82) is 0 Å². The standard InChI is InChI=1S/C9H16N6O2/c1-6(8(10)14-17)9(16)11-4-3-7-12-5-15(2)13-7/h5-6,17H,3-4H2,1-2H3,(H2,10,14)(H,11,16). The molecule has 0 aromatic carbocycles. The number of carbonyl (C=O) groups is 1. The highest BCUT2D eigenvalue weighted by Crippen LogP contribution is 1.95. The zero-order chi connectivity index (χ0) is 12.8. The lowest BCUT2D eigenvalue weighted by molar-refractivity contribution is -0.122. The summed E-state index contributed by atoms with van der Waals surface area (Å²) in [6, 6.07) is 0. The first-order valence-electron chi connectivity index (χ1n) is 5.14. The van der Waals surface area contributed by atoms with Crippen molar-refractivity contribution in [3.05, 3.63) is 12.2 Å². The van der Waals surface area contributed by atoms with E-state index in [0.29, 0.717) is 18.8 Å². The van der Waals surface area contributed by atoms with E-state index in [0.717, 1.165) is 0 Å². The van der Waals surface area contributed by atoms with Crippen molar-refractivity contribution in [2.75, 3.05) is 6.54 Å². The number of amidine groups is 1. The summed E-state index contributed by atoms with van der Waals surface area (Å²) >= 11 is 0. The second-order valence-corrected chi connectivity index (χ2v) is 3.62. The van der Waals surface area contributed by atoms with Crippen molar-refractivity contribution in [3.63, 3.8) is 0 Å². The molecule has 0 fully saturated rings. The van der Waals surface area contributed by atoms with E-state index in [-0.39, 0.29) is 11.7 Å². The molecule has 0 saturated carbocycles. The number of carbonyl (C=O) groups excluding carboxylic acids is 1. The van der Waals surface area contributed by atoms with Crippen LogP contribution >= 0.6 is 0 Å². The van der Waals surface area contributed by atoms with Crippen LogP contribution in [0.15, 0.2) is 11.5 Å². The fourth-order valence-electron chi connectivity index (χ4n) is 1.17. The average molecular weight is 240 g/mol. The molecule has 1 atom stereocenters. The number of nitrogens with one attached hydrogen (secondary N) is 1. The fraction of sp³-hybridized carbons (Fsp3) is 0.556. The van der Waals surface area contributed by atoms with Gasteiger partial charge in [-0.3, -0.25) is 9.48 Å². The smallest absolute Gasteiger partial charge is 0.230 e. The van der Waals surface area contributed by atoms with Gasteiger partial charge in [0, 0.05) is 20.0 Å². The van der Waals surface area contributed by atoms with Crippen molar-refractivity contribution in [1.82, 2.24) is 20.1 Å². The summed E-state index contributed by atoms with van der Waals surface area (Å²) in [5, 5.41) is 17.9. The lowest BCUT2D eigenvalue weighted by Crippen LogP contribution is -2.38. The number of rotatable bonds is 5. The summed E-state index contributed by atoms with van der Waals surface area (Å²) in [6.07, 6.45) is 2.13. The predicted molar refractivity (Wildman–Crippen MR) is 60.3 cm³/mol. The molecule has 0 radical (unpaired) electrons. The van der Waals surface area contributed by atoms with E-state index in [1.54, 1.807) is 25.0 Å². The van der Waals surface area contributed by atoms with Crippen LogP contribution < -0.4 is 11.1 Å². The second kappa shape index (κ2) is 5.83. The van der Waals surface area contributed by atoms with E-state index >= 15 is 0 Å². The molecule has 1 rings (SSSR count). The van der Waals surface area contributed by atoms with Gasteiger partial charge in [0.1, 0.15) is 6.33 Å². The molecule has 1 amide bonds. The van der Waals surface area contributed by atoms with Gasteiger partial charge in [0.25, 0.3) is 0 Å². The maximum atomic E-state index is 11.5. The normalized spacial score (nSPS) is 13.4. The van der Waals surface area contributed by atoms with Crippen LogP contribution in [0.2, 0.25) is 0 Å². The van der Waals surface area contributed by atoms with Crippen LogP contribution in [-0.2, 0) is 18.3 Å². The fourth-order valence-corrected chi connectivity index (χ4v) is 1.17. The number of nitrogens with two attached hydrogens (primary N) is 1. The Bertz CT molecular complexity index is 413. The SMILES string of the molecule is CC(C(=O)NCCc1ncn(C)n1)C(N)=NO. The maximum absolute atomic E-state index is 11.5. The van der Waals surface area contributed by atoms with Crippen molar-refractivity contribution in [2.45, 2.75) is 13.3 Å². The van der Waals surface area contributed by atoms with E-state index in [2.05, 4.69) is 20.6 Å². The summed E-state index contributed by atoms with van der Waals surface area (Å²) in [6.45, 7) is 1.97. The highest BCUT2D eigenvalue weighted by Gasteiger charge is 2.16. The molecule has 8 heteroatoms. The molecule has 8 nitrogen and oxygen atoms in total. The molecule has 0 aliphatic rings. The Kier molecular flexibility index (Phi) is 4.44. The topological polar surface area (TPSA) is 118 Å². The minimum atomic E-state index is -0.656. The molecule has 0 spiro atoms. The minimum absolute atomic E-state index is 0.113. The molecule has 1 aromatic heterocycles. The zero-order valence-electron chi connectivity index (χ0n) is 9.79. The zero-order valence-corrected chi connectivity index (χ0v) is 9.79. The summed E-state index contributed by atoms with van der Waals surface area (Å²) < 4.78 is 1.59. The molecular formula is C9H16N6O2. The number of aryl methyl sites for hydroxylation is 1. The minimum Gasteiger partial charge on any atom is -0.409 e. The largest absolute Gasteiger partial charge is 0.409 e. The quantitative estimate of drug-likeness (QED) is 0.260. The Balaban J connectivity index is 2.34. The first-order valence-corrected chi connectivity index (χ1v) is 5.14. The molecular weight excluding hydrogens is 224 g/mol. The van der Waals surface area contributed by atoms with Gasteiger partial charge in [0.2, 0.25) is 5.91 Å². The molecule has 0 bridgehead atoms. The van der Waals surface area contributed by atoms with Gasteiger partial charge in [-0.1, -0.05) is 5.16 Å². The number of nitrogens with zero attached hydrogens (tertiary/aromatic N) is 4. The van der Waals surface area contributed by atoms with Gasteiger partial charge < -0.3 is 16.3 Å². The van der Waals surface area contributed by atoms with Crippen LogP contribution in [-0.4, -0.2) is 38.3 Å². The molecule has 0 saturated heterocycles. The highest BCUT2D eigenvalue weighted by molar-refractivity contribution is 6.01. The molecule has 4 N–H and O–H groups in total. The van der Waals surface area contributed by atoms with Crippen molar-refractivity contribution in [2.24, 2.45) is 23.9 Å². The molecule has 94 valence electrons. The van der Waals surface area contributed by atoms with E-state index in [1.165, 1.54) is 0 Å². The number of aromatic nitrogens is 3. The molecule has 17 heavy (non-hydrogen) atoms. The monoisotopic (exact) mass is 240 g/mol. The summed E-state index contributed by atoms with van der Waals surface area (Å²) in [5.41, 5.74) is 5.31.